The molecule has 0 aromatic heterocycles. The highest BCUT2D eigenvalue weighted by atomic mass is 16.5. The molecule has 0 unspecified atom stereocenters. The van der Waals surface area contributed by atoms with E-state index in [0.717, 1.165) is 30.4 Å². The summed E-state index contributed by atoms with van der Waals surface area (Å²) in [7, 11) is 1.36. The highest BCUT2D eigenvalue weighted by Gasteiger charge is 2.24. The molecule has 0 bridgehead atoms. The average Bonchev–Trinajstić information content (AvgIpc) is 2.55. The van der Waals surface area contributed by atoms with E-state index in [4.69, 9.17) is 4.74 Å². The predicted octanol–water partition coefficient (Wildman–Crippen LogP) is 3.07. The van der Waals surface area contributed by atoms with E-state index in [1.165, 1.54) is 7.11 Å². The largest absolute Gasteiger partial charge is 0.469 e. The zero-order chi connectivity index (χ0) is 15.9. The quantitative estimate of drug-likeness (QED) is 0.671. The molecule has 1 aromatic rings. The molecule has 4 nitrogen and oxygen atoms in total. The number of hydrogen-bond acceptors (Lipinski definition) is 3. The highest BCUT2D eigenvalue weighted by Crippen LogP contribution is 2.22. The van der Waals surface area contributed by atoms with Crippen molar-refractivity contribution in [2.45, 2.75) is 38.6 Å². The fraction of sp³-hybridized carbons (Fsp3) is 0.444. The van der Waals surface area contributed by atoms with Crippen LogP contribution in [0.3, 0.4) is 0 Å². The molecule has 1 aromatic carbocycles. The smallest absolute Gasteiger partial charge is 0.307 e. The van der Waals surface area contributed by atoms with Crippen molar-refractivity contribution in [2.24, 2.45) is 5.92 Å². The molecule has 1 N–H and O–H groups in total. The number of hydrogen-bond donors (Lipinski definition) is 1. The second-order valence-corrected chi connectivity index (χ2v) is 5.73. The third-order valence-electron chi connectivity index (χ3n) is 4.03. The molecule has 0 radical (unpaired) electrons. The molecule has 0 fully saturated rings. The fourth-order valence-corrected chi connectivity index (χ4v) is 2.62. The van der Waals surface area contributed by atoms with Gasteiger partial charge in [0.15, 0.2) is 0 Å². The maximum Gasteiger partial charge on any atom is 0.307 e. The number of esters is 1. The Kier molecular flexibility index (Phi) is 5.75. The van der Waals surface area contributed by atoms with Crippen LogP contribution in [0, 0.1) is 12.8 Å². The van der Waals surface area contributed by atoms with Crippen LogP contribution in [-0.2, 0) is 14.3 Å². The Morgan fingerprint density at radius 3 is 2.59 bits per heavy atom. The van der Waals surface area contributed by atoms with Gasteiger partial charge in [0.05, 0.1) is 19.6 Å². The number of allylic oxidation sites excluding steroid dienone is 2. The summed E-state index contributed by atoms with van der Waals surface area (Å²) >= 11 is 0. The molecule has 0 heterocycles. The maximum atomic E-state index is 12.4. The Labute approximate surface area is 131 Å². The number of ether oxygens (including phenoxy) is 1. The number of benzene rings is 1. The van der Waals surface area contributed by atoms with Gasteiger partial charge in [0.1, 0.15) is 0 Å². The molecule has 0 saturated heterocycles. The molecule has 22 heavy (non-hydrogen) atoms. The third-order valence-corrected chi connectivity index (χ3v) is 4.03. The Hall–Kier alpha value is -2.10. The van der Waals surface area contributed by atoms with E-state index >= 15 is 0 Å². The van der Waals surface area contributed by atoms with Crippen LogP contribution in [-0.4, -0.2) is 19.0 Å². The second kappa shape index (κ2) is 7.78. The monoisotopic (exact) mass is 301 g/mol. The van der Waals surface area contributed by atoms with Gasteiger partial charge in [-0.3, -0.25) is 9.59 Å². The van der Waals surface area contributed by atoms with Gasteiger partial charge >= 0.3 is 5.97 Å². The molecule has 0 saturated carbocycles. The fourth-order valence-electron chi connectivity index (χ4n) is 2.62. The van der Waals surface area contributed by atoms with Gasteiger partial charge in [0.25, 0.3) is 0 Å². The van der Waals surface area contributed by atoms with Crippen molar-refractivity contribution in [3.8, 4) is 0 Å². The first-order chi connectivity index (χ1) is 10.6. The van der Waals surface area contributed by atoms with Gasteiger partial charge in [-0.05, 0) is 31.7 Å². The number of amides is 1. The van der Waals surface area contributed by atoms with Gasteiger partial charge in [-0.15, -0.1) is 0 Å². The lowest BCUT2D eigenvalue weighted by Crippen LogP contribution is -2.35. The van der Waals surface area contributed by atoms with Crippen molar-refractivity contribution in [2.75, 3.05) is 7.11 Å². The van der Waals surface area contributed by atoms with E-state index < -0.39 is 0 Å². The molecule has 1 aliphatic carbocycles. The number of aryl methyl sites for hydroxylation is 1. The van der Waals surface area contributed by atoms with E-state index in [1.54, 1.807) is 0 Å². The minimum absolute atomic E-state index is 0.00408. The average molecular weight is 301 g/mol. The summed E-state index contributed by atoms with van der Waals surface area (Å²) in [6, 6.07) is 7.52. The van der Waals surface area contributed by atoms with Crippen molar-refractivity contribution in [3.63, 3.8) is 0 Å². The lowest BCUT2D eigenvalue weighted by molar-refractivity contribution is -0.141. The number of carbonyl (C=O) groups excluding carboxylic acids is 2. The third kappa shape index (κ3) is 4.45. The van der Waals surface area contributed by atoms with E-state index in [2.05, 4.69) is 17.5 Å². The minimum atomic E-state index is -0.341. The summed E-state index contributed by atoms with van der Waals surface area (Å²) in [5, 5.41) is 3.01. The Morgan fingerprint density at radius 2 is 2.00 bits per heavy atom. The topological polar surface area (TPSA) is 55.4 Å². The van der Waals surface area contributed by atoms with Crippen LogP contribution >= 0.6 is 0 Å². The summed E-state index contributed by atoms with van der Waals surface area (Å²) in [6.45, 7) is 2.01. The Morgan fingerprint density at radius 1 is 1.27 bits per heavy atom. The van der Waals surface area contributed by atoms with Crippen molar-refractivity contribution in [1.29, 1.82) is 0 Å². The van der Waals surface area contributed by atoms with Crippen LogP contribution < -0.4 is 5.32 Å². The summed E-state index contributed by atoms with van der Waals surface area (Å²) < 4.78 is 4.75. The van der Waals surface area contributed by atoms with E-state index in [-0.39, 0.29) is 30.3 Å². The molecule has 118 valence electrons. The number of carbonyl (C=O) groups is 2. The maximum absolute atomic E-state index is 12.4. The van der Waals surface area contributed by atoms with Gasteiger partial charge < -0.3 is 10.1 Å². The van der Waals surface area contributed by atoms with Gasteiger partial charge in [-0.2, -0.15) is 0 Å². The number of nitrogens with one attached hydrogen (secondary N) is 1. The molecule has 1 amide bonds. The van der Waals surface area contributed by atoms with Crippen LogP contribution in [0.1, 0.15) is 42.9 Å². The first-order valence-corrected chi connectivity index (χ1v) is 7.69. The molecule has 2 rings (SSSR count). The first-order valence-electron chi connectivity index (χ1n) is 7.69. The normalized spacial score (nSPS) is 18.5. The van der Waals surface area contributed by atoms with E-state index in [1.807, 2.05) is 31.2 Å². The molecule has 2 atom stereocenters. The van der Waals surface area contributed by atoms with Crippen LogP contribution in [0.15, 0.2) is 36.4 Å². The Bertz CT molecular complexity index is 548. The van der Waals surface area contributed by atoms with Crippen LogP contribution in [0.4, 0.5) is 0 Å². The molecule has 0 aliphatic heterocycles. The summed E-state index contributed by atoms with van der Waals surface area (Å²) in [5.74, 6) is -0.316. The molecular formula is C18H23NO3. The van der Waals surface area contributed by atoms with Crippen molar-refractivity contribution >= 4 is 11.9 Å². The predicted molar refractivity (Wildman–Crippen MR) is 85.2 cm³/mol. The molecular weight excluding hydrogens is 278 g/mol. The van der Waals surface area contributed by atoms with Gasteiger partial charge in [-0.1, -0.05) is 42.0 Å². The highest BCUT2D eigenvalue weighted by molar-refractivity contribution is 5.80. The Balaban J connectivity index is 2.09. The van der Waals surface area contributed by atoms with Crippen LogP contribution in [0.25, 0.3) is 0 Å². The SMILES string of the molecule is COC(=O)C[C@@H](NC(=O)[C@@H]1CC=CCC1)c1ccc(C)cc1. The lowest BCUT2D eigenvalue weighted by atomic mass is 9.92. The van der Waals surface area contributed by atoms with Crippen LogP contribution in [0.2, 0.25) is 0 Å². The summed E-state index contributed by atoms with van der Waals surface area (Å²) in [4.78, 5) is 24.1. The molecule has 1 aliphatic rings. The zero-order valence-electron chi connectivity index (χ0n) is 13.2. The van der Waals surface area contributed by atoms with E-state index in [9.17, 15) is 9.59 Å². The standard InChI is InChI=1S/C18H23NO3/c1-13-8-10-14(11-9-13)16(12-17(20)22-2)19-18(21)15-6-4-3-5-7-15/h3-4,8-11,15-16H,5-7,12H2,1-2H3,(H,19,21)/t15-,16-/m1/s1. The summed E-state index contributed by atoms with van der Waals surface area (Å²) in [5.41, 5.74) is 2.07. The van der Waals surface area contributed by atoms with Crippen molar-refractivity contribution in [1.82, 2.24) is 5.32 Å². The second-order valence-electron chi connectivity index (χ2n) is 5.73. The van der Waals surface area contributed by atoms with Crippen molar-refractivity contribution in [3.05, 3.63) is 47.5 Å². The minimum Gasteiger partial charge on any atom is -0.469 e. The lowest BCUT2D eigenvalue weighted by Gasteiger charge is -2.23. The van der Waals surface area contributed by atoms with Gasteiger partial charge in [0, 0.05) is 5.92 Å². The van der Waals surface area contributed by atoms with E-state index in [0.29, 0.717) is 0 Å². The summed E-state index contributed by atoms with van der Waals surface area (Å²) in [6.07, 6.45) is 6.87. The number of rotatable bonds is 5. The molecule has 0 spiro atoms. The van der Waals surface area contributed by atoms with Gasteiger partial charge in [0.2, 0.25) is 5.91 Å². The number of methoxy groups -OCH3 is 1. The van der Waals surface area contributed by atoms with Crippen LogP contribution in [0.5, 0.6) is 0 Å². The first kappa shape index (κ1) is 16.3. The molecule has 4 heteroatoms. The van der Waals surface area contributed by atoms with Crippen molar-refractivity contribution < 1.29 is 14.3 Å². The van der Waals surface area contributed by atoms with Gasteiger partial charge in [-0.25, -0.2) is 0 Å². The zero-order valence-corrected chi connectivity index (χ0v) is 13.2.